The lowest BCUT2D eigenvalue weighted by Crippen LogP contribution is -2.41. The van der Waals surface area contributed by atoms with E-state index in [1.807, 2.05) is 60.4 Å². The molecule has 4 rings (SSSR count). The predicted octanol–water partition coefficient (Wildman–Crippen LogP) is 4.40. The summed E-state index contributed by atoms with van der Waals surface area (Å²) >= 11 is 0. The number of hydrogen-bond acceptors (Lipinski definition) is 5. The molecule has 1 heterocycles. The number of likely N-dealkylation sites (tertiary alicyclic amines) is 1. The number of amides is 1. The number of ether oxygens (including phenoxy) is 3. The van der Waals surface area contributed by atoms with E-state index in [1.54, 1.807) is 14.0 Å². The predicted molar refractivity (Wildman–Crippen MR) is 131 cm³/mol. The van der Waals surface area contributed by atoms with Crippen LogP contribution in [-0.2, 0) is 16.1 Å². The van der Waals surface area contributed by atoms with Gasteiger partial charge in [-0.3, -0.25) is 4.79 Å². The van der Waals surface area contributed by atoms with E-state index in [0.29, 0.717) is 38.0 Å². The molecule has 0 bridgehead atoms. The van der Waals surface area contributed by atoms with Crippen molar-refractivity contribution in [1.82, 2.24) is 4.90 Å². The van der Waals surface area contributed by atoms with Crippen LogP contribution in [0.25, 0.3) is 0 Å². The minimum absolute atomic E-state index is 0.0352. The average molecular weight is 468 g/mol. The molecule has 0 aromatic heterocycles. The van der Waals surface area contributed by atoms with Crippen LogP contribution in [0.15, 0.2) is 48.5 Å². The fraction of sp³-hybridized carbons (Fsp3) is 0.536. The number of methoxy groups -OCH3 is 1. The Morgan fingerprint density at radius 1 is 1.15 bits per heavy atom. The van der Waals surface area contributed by atoms with E-state index in [9.17, 15) is 9.90 Å². The molecule has 1 saturated heterocycles. The molecule has 2 aromatic rings. The van der Waals surface area contributed by atoms with E-state index in [1.165, 1.54) is 12.8 Å². The highest BCUT2D eigenvalue weighted by Gasteiger charge is 2.49. The minimum Gasteiger partial charge on any atom is -0.493 e. The van der Waals surface area contributed by atoms with Crippen LogP contribution in [-0.4, -0.2) is 54.9 Å². The number of aliphatic hydroxyl groups is 1. The zero-order chi connectivity index (χ0) is 24.3. The van der Waals surface area contributed by atoms with Gasteiger partial charge in [0.1, 0.15) is 6.10 Å². The van der Waals surface area contributed by atoms with Gasteiger partial charge in [-0.1, -0.05) is 43.3 Å². The number of carbonyl (C=O) groups excluding carboxylic acids is 1. The van der Waals surface area contributed by atoms with Crippen LogP contribution in [0.1, 0.15) is 50.7 Å². The molecule has 4 atom stereocenters. The smallest absolute Gasteiger partial charge is 0.251 e. The SMILES string of the molecule is COc1ccc([C@@H]2CN(C(=O)[C@H](C)OCc3ccccc3)C[C@@]2(C)C(C)O)cc1OCC1CC1. The summed E-state index contributed by atoms with van der Waals surface area (Å²) in [6, 6.07) is 15.8. The van der Waals surface area contributed by atoms with Gasteiger partial charge in [0.15, 0.2) is 11.5 Å². The average Bonchev–Trinajstić information content (AvgIpc) is 3.61. The highest BCUT2D eigenvalue weighted by molar-refractivity contribution is 5.81. The largest absolute Gasteiger partial charge is 0.493 e. The van der Waals surface area contributed by atoms with Gasteiger partial charge in [-0.2, -0.15) is 0 Å². The van der Waals surface area contributed by atoms with E-state index in [0.717, 1.165) is 16.9 Å². The monoisotopic (exact) mass is 467 g/mol. The van der Waals surface area contributed by atoms with Gasteiger partial charge >= 0.3 is 0 Å². The third-order valence-corrected chi connectivity index (χ3v) is 7.45. The summed E-state index contributed by atoms with van der Waals surface area (Å²) in [5.41, 5.74) is 1.59. The second-order valence-electron chi connectivity index (χ2n) is 10.1. The van der Waals surface area contributed by atoms with Crippen molar-refractivity contribution in [2.45, 2.75) is 58.3 Å². The zero-order valence-electron chi connectivity index (χ0n) is 20.7. The Morgan fingerprint density at radius 3 is 2.53 bits per heavy atom. The summed E-state index contributed by atoms with van der Waals surface area (Å²) in [7, 11) is 1.64. The molecule has 1 unspecified atom stereocenters. The Hall–Kier alpha value is -2.57. The molecule has 1 aliphatic carbocycles. The number of rotatable bonds is 10. The molecule has 1 N–H and O–H groups in total. The highest BCUT2D eigenvalue weighted by Crippen LogP contribution is 2.47. The van der Waals surface area contributed by atoms with Crippen molar-refractivity contribution in [2.75, 3.05) is 26.8 Å². The fourth-order valence-electron chi connectivity index (χ4n) is 4.73. The first-order valence-electron chi connectivity index (χ1n) is 12.2. The first-order chi connectivity index (χ1) is 16.3. The summed E-state index contributed by atoms with van der Waals surface area (Å²) in [5.74, 6) is 1.98. The Balaban J connectivity index is 1.49. The number of aliphatic hydroxyl groups excluding tert-OH is 1. The third kappa shape index (κ3) is 5.39. The molecule has 184 valence electrons. The van der Waals surface area contributed by atoms with Crippen molar-refractivity contribution in [3.8, 4) is 11.5 Å². The van der Waals surface area contributed by atoms with Gasteiger partial charge in [0.05, 0.1) is 26.4 Å². The number of hydrogen-bond donors (Lipinski definition) is 1. The molecular formula is C28H37NO5. The van der Waals surface area contributed by atoms with Crippen molar-refractivity contribution >= 4 is 5.91 Å². The molecule has 6 nitrogen and oxygen atoms in total. The van der Waals surface area contributed by atoms with Crippen molar-refractivity contribution < 1.29 is 24.1 Å². The molecule has 2 aromatic carbocycles. The normalized spacial score (nSPS) is 24.0. The molecular weight excluding hydrogens is 430 g/mol. The molecule has 2 aliphatic rings. The van der Waals surface area contributed by atoms with Gasteiger partial charge in [0.25, 0.3) is 5.91 Å². The van der Waals surface area contributed by atoms with Crippen molar-refractivity contribution in [3.63, 3.8) is 0 Å². The van der Waals surface area contributed by atoms with Crippen molar-refractivity contribution in [2.24, 2.45) is 11.3 Å². The van der Waals surface area contributed by atoms with Gasteiger partial charge in [-0.25, -0.2) is 0 Å². The first kappa shape index (κ1) is 24.6. The highest BCUT2D eigenvalue weighted by atomic mass is 16.5. The molecule has 0 radical (unpaired) electrons. The molecule has 2 fully saturated rings. The molecule has 0 spiro atoms. The third-order valence-electron chi connectivity index (χ3n) is 7.45. The summed E-state index contributed by atoms with van der Waals surface area (Å²) in [6.07, 6.45) is 1.28. The van der Waals surface area contributed by atoms with Gasteiger partial charge in [-0.05, 0) is 55.9 Å². The molecule has 1 aliphatic heterocycles. The Labute approximate surface area is 202 Å². The summed E-state index contributed by atoms with van der Waals surface area (Å²) < 4.78 is 17.5. The second-order valence-corrected chi connectivity index (χ2v) is 10.1. The van der Waals surface area contributed by atoms with Crippen LogP contribution in [0, 0.1) is 11.3 Å². The zero-order valence-corrected chi connectivity index (χ0v) is 20.7. The van der Waals surface area contributed by atoms with Crippen LogP contribution >= 0.6 is 0 Å². The van der Waals surface area contributed by atoms with E-state index < -0.39 is 17.6 Å². The lowest BCUT2D eigenvalue weighted by Gasteiger charge is -2.34. The van der Waals surface area contributed by atoms with Gasteiger partial charge in [0.2, 0.25) is 0 Å². The van der Waals surface area contributed by atoms with E-state index in [-0.39, 0.29) is 11.8 Å². The minimum atomic E-state index is -0.589. The van der Waals surface area contributed by atoms with Crippen LogP contribution in [0.5, 0.6) is 11.5 Å². The second kappa shape index (κ2) is 10.4. The van der Waals surface area contributed by atoms with Crippen molar-refractivity contribution in [1.29, 1.82) is 0 Å². The summed E-state index contributed by atoms with van der Waals surface area (Å²) in [4.78, 5) is 15.1. The topological polar surface area (TPSA) is 68.2 Å². The first-order valence-corrected chi connectivity index (χ1v) is 12.2. The van der Waals surface area contributed by atoms with Gasteiger partial charge in [0, 0.05) is 24.4 Å². The lowest BCUT2D eigenvalue weighted by atomic mass is 9.72. The maximum atomic E-state index is 13.3. The maximum absolute atomic E-state index is 13.3. The van der Waals surface area contributed by atoms with Crippen LogP contribution in [0.4, 0.5) is 0 Å². The Kier molecular flexibility index (Phi) is 7.48. The Morgan fingerprint density at radius 2 is 1.88 bits per heavy atom. The molecule has 1 saturated carbocycles. The summed E-state index contributed by atoms with van der Waals surface area (Å²) in [5, 5.41) is 10.8. The molecule has 1 amide bonds. The Bertz CT molecular complexity index is 974. The van der Waals surface area contributed by atoms with E-state index in [4.69, 9.17) is 14.2 Å². The van der Waals surface area contributed by atoms with Gasteiger partial charge in [-0.15, -0.1) is 0 Å². The quantitative estimate of drug-likeness (QED) is 0.561. The lowest BCUT2D eigenvalue weighted by molar-refractivity contribution is -0.143. The van der Waals surface area contributed by atoms with Crippen molar-refractivity contribution in [3.05, 3.63) is 59.7 Å². The maximum Gasteiger partial charge on any atom is 0.251 e. The molecule has 6 heteroatoms. The standard InChI is InChI=1S/C28H37NO5/c1-19(33-16-21-8-6-5-7-9-21)27(31)29-15-24(28(3,18-29)20(2)30)23-12-13-25(32-4)26(14-23)34-17-22-10-11-22/h5-9,12-14,19-20,22,24,30H,10-11,15-18H2,1-4H3/t19-,20?,24-,28-/m0/s1. The molecule has 34 heavy (non-hydrogen) atoms. The van der Waals surface area contributed by atoms with Crippen LogP contribution in [0.3, 0.4) is 0 Å². The number of nitrogens with zero attached hydrogens (tertiary/aromatic N) is 1. The van der Waals surface area contributed by atoms with Crippen LogP contribution < -0.4 is 9.47 Å². The van der Waals surface area contributed by atoms with Crippen LogP contribution in [0.2, 0.25) is 0 Å². The van der Waals surface area contributed by atoms with E-state index >= 15 is 0 Å². The van der Waals surface area contributed by atoms with E-state index in [2.05, 4.69) is 6.92 Å². The number of benzene rings is 2. The fourth-order valence-corrected chi connectivity index (χ4v) is 4.73. The van der Waals surface area contributed by atoms with Gasteiger partial charge < -0.3 is 24.2 Å². The number of carbonyl (C=O) groups is 1. The summed E-state index contributed by atoms with van der Waals surface area (Å²) in [6.45, 7) is 7.74.